The summed E-state index contributed by atoms with van der Waals surface area (Å²) in [7, 11) is 3.83. The van der Waals surface area contributed by atoms with Crippen LogP contribution in [-0.4, -0.2) is 60.4 Å². The second kappa shape index (κ2) is 10.5. The molecule has 3 rings (SSSR count). The molecule has 1 heterocycles. The maximum Gasteiger partial charge on any atom is 0.295 e. The Labute approximate surface area is 204 Å². The average molecular weight is 515 g/mol. The van der Waals surface area contributed by atoms with Crippen LogP contribution < -0.4 is 4.74 Å². The summed E-state index contributed by atoms with van der Waals surface area (Å²) in [5, 5.41) is 11.2. The Bertz CT molecular complexity index is 1060. The Hall–Kier alpha value is -2.64. The van der Waals surface area contributed by atoms with Crippen molar-refractivity contribution in [2.45, 2.75) is 26.8 Å². The monoisotopic (exact) mass is 514 g/mol. The van der Waals surface area contributed by atoms with Gasteiger partial charge >= 0.3 is 0 Å². The van der Waals surface area contributed by atoms with Crippen LogP contribution in [0.2, 0.25) is 0 Å². The summed E-state index contributed by atoms with van der Waals surface area (Å²) in [5.41, 5.74) is 2.21. The molecule has 1 amide bonds. The average Bonchev–Trinajstić information content (AvgIpc) is 3.01. The second-order valence-electron chi connectivity index (χ2n) is 9.03. The van der Waals surface area contributed by atoms with Crippen LogP contribution in [0.15, 0.2) is 52.5 Å². The van der Waals surface area contributed by atoms with E-state index in [9.17, 15) is 14.7 Å². The van der Waals surface area contributed by atoms with Gasteiger partial charge in [0, 0.05) is 23.1 Å². The highest BCUT2D eigenvalue weighted by atomic mass is 79.9. The first kappa shape index (κ1) is 25.0. The number of halogens is 1. The van der Waals surface area contributed by atoms with Crippen molar-refractivity contribution < 1.29 is 19.4 Å². The molecule has 0 aliphatic carbocycles. The largest absolute Gasteiger partial charge is 0.507 e. The van der Waals surface area contributed by atoms with E-state index in [1.54, 1.807) is 23.1 Å². The van der Waals surface area contributed by atoms with Crippen LogP contribution in [0.4, 0.5) is 0 Å². The Morgan fingerprint density at radius 2 is 1.82 bits per heavy atom. The molecule has 1 saturated heterocycles. The molecule has 0 radical (unpaired) electrons. The normalized spacial score (nSPS) is 17.9. The zero-order valence-corrected chi connectivity index (χ0v) is 21.3. The molecule has 0 spiro atoms. The van der Waals surface area contributed by atoms with Crippen molar-refractivity contribution in [3.8, 4) is 5.75 Å². The highest BCUT2D eigenvalue weighted by Crippen LogP contribution is 2.40. The number of aryl methyl sites for hydroxylation is 1. The van der Waals surface area contributed by atoms with Crippen molar-refractivity contribution >= 4 is 33.4 Å². The number of likely N-dealkylation sites (tertiary alicyclic amines) is 1. The number of amides is 1. The van der Waals surface area contributed by atoms with E-state index >= 15 is 0 Å². The zero-order chi connectivity index (χ0) is 24.3. The lowest BCUT2D eigenvalue weighted by Gasteiger charge is -2.26. The third kappa shape index (κ3) is 5.65. The van der Waals surface area contributed by atoms with E-state index in [0.717, 1.165) is 21.3 Å². The summed E-state index contributed by atoms with van der Waals surface area (Å²) < 4.78 is 6.73. The van der Waals surface area contributed by atoms with Crippen LogP contribution in [0.3, 0.4) is 0 Å². The van der Waals surface area contributed by atoms with E-state index in [0.29, 0.717) is 31.2 Å². The molecule has 1 atom stereocenters. The number of hydrogen-bond acceptors (Lipinski definition) is 5. The van der Waals surface area contributed by atoms with E-state index in [2.05, 4.69) is 29.8 Å². The molecule has 176 valence electrons. The molecule has 1 fully saturated rings. The summed E-state index contributed by atoms with van der Waals surface area (Å²) in [4.78, 5) is 29.6. The van der Waals surface area contributed by atoms with Gasteiger partial charge < -0.3 is 19.6 Å². The van der Waals surface area contributed by atoms with Crippen molar-refractivity contribution in [3.05, 3.63) is 69.2 Å². The zero-order valence-electron chi connectivity index (χ0n) is 19.8. The maximum atomic E-state index is 13.1. The molecule has 0 saturated carbocycles. The quantitative estimate of drug-likeness (QED) is 0.312. The highest BCUT2D eigenvalue weighted by Gasteiger charge is 2.45. The fourth-order valence-corrected chi connectivity index (χ4v) is 4.04. The number of carbonyl (C=O) groups excluding carboxylic acids is 2. The first-order valence-corrected chi connectivity index (χ1v) is 11.8. The van der Waals surface area contributed by atoms with Gasteiger partial charge in [0.25, 0.3) is 11.7 Å². The summed E-state index contributed by atoms with van der Waals surface area (Å²) in [5.74, 6) is -0.318. The minimum absolute atomic E-state index is 0.108. The smallest absolute Gasteiger partial charge is 0.295 e. The van der Waals surface area contributed by atoms with Gasteiger partial charge in [-0.15, -0.1) is 0 Å². The number of ketones is 1. The number of aliphatic hydroxyl groups excluding tert-OH is 1. The number of hydrogen-bond donors (Lipinski definition) is 1. The molecule has 7 heteroatoms. The van der Waals surface area contributed by atoms with Gasteiger partial charge in [0.1, 0.15) is 11.5 Å². The highest BCUT2D eigenvalue weighted by molar-refractivity contribution is 9.10. The molecule has 2 aromatic carbocycles. The summed E-state index contributed by atoms with van der Waals surface area (Å²) in [6.07, 6.45) is 0. The standard InChI is InChI=1S/C26H31BrN2O4/c1-16(2)15-33-21-11-8-19(14-17(21)3)24(30)22-23(18-6-9-20(27)10-7-18)29(13-12-28(4)5)26(32)25(22)31/h6-11,14,16,23,30H,12-13,15H2,1-5H3. The molecule has 1 aliphatic heterocycles. The lowest BCUT2D eigenvalue weighted by Crippen LogP contribution is -2.35. The Morgan fingerprint density at radius 3 is 2.39 bits per heavy atom. The van der Waals surface area contributed by atoms with Crippen LogP contribution in [0.1, 0.15) is 36.6 Å². The fourth-order valence-electron chi connectivity index (χ4n) is 3.78. The van der Waals surface area contributed by atoms with E-state index in [1.165, 1.54) is 0 Å². The SMILES string of the molecule is Cc1cc(C(O)=C2C(=O)C(=O)N(CCN(C)C)C2c2ccc(Br)cc2)ccc1OCC(C)C. The fraction of sp³-hybridized carbons (Fsp3) is 0.385. The Kier molecular flexibility index (Phi) is 7.97. The molecule has 6 nitrogen and oxygen atoms in total. The number of likely N-dealkylation sites (N-methyl/N-ethyl adjacent to an activating group) is 1. The number of Topliss-reactive ketones (excluding diaryl/α,β-unsaturated/α-hetero) is 1. The summed E-state index contributed by atoms with van der Waals surface area (Å²) >= 11 is 3.43. The molecular weight excluding hydrogens is 484 g/mol. The number of rotatable bonds is 8. The molecule has 2 aromatic rings. The second-order valence-corrected chi connectivity index (χ2v) is 9.95. The topological polar surface area (TPSA) is 70.1 Å². The number of nitrogens with zero attached hydrogens (tertiary/aromatic N) is 2. The van der Waals surface area contributed by atoms with Gasteiger partial charge in [-0.2, -0.15) is 0 Å². The summed E-state index contributed by atoms with van der Waals surface area (Å²) in [6.45, 7) is 7.61. The number of ether oxygens (including phenoxy) is 1. The van der Waals surface area contributed by atoms with Crippen molar-refractivity contribution in [2.24, 2.45) is 5.92 Å². The lowest BCUT2D eigenvalue weighted by molar-refractivity contribution is -0.140. The third-order valence-electron chi connectivity index (χ3n) is 5.53. The van der Waals surface area contributed by atoms with E-state index in [-0.39, 0.29) is 11.3 Å². The third-order valence-corrected chi connectivity index (χ3v) is 6.06. The van der Waals surface area contributed by atoms with Crippen LogP contribution in [-0.2, 0) is 9.59 Å². The first-order chi connectivity index (χ1) is 15.6. The van der Waals surface area contributed by atoms with Gasteiger partial charge in [-0.05, 0) is 68.4 Å². The molecule has 1 unspecified atom stereocenters. The van der Waals surface area contributed by atoms with Crippen LogP contribution >= 0.6 is 15.9 Å². The maximum absolute atomic E-state index is 13.1. The molecule has 1 aliphatic rings. The van der Waals surface area contributed by atoms with Crippen molar-refractivity contribution in [1.29, 1.82) is 0 Å². The molecule has 33 heavy (non-hydrogen) atoms. The van der Waals surface area contributed by atoms with Gasteiger partial charge in [0.15, 0.2) is 0 Å². The van der Waals surface area contributed by atoms with E-state index < -0.39 is 17.7 Å². The van der Waals surface area contributed by atoms with Crippen molar-refractivity contribution in [3.63, 3.8) is 0 Å². The van der Waals surface area contributed by atoms with Crippen molar-refractivity contribution in [2.75, 3.05) is 33.8 Å². The van der Waals surface area contributed by atoms with E-state index in [1.807, 2.05) is 50.2 Å². The lowest BCUT2D eigenvalue weighted by atomic mass is 9.95. The van der Waals surface area contributed by atoms with Crippen LogP contribution in [0.5, 0.6) is 5.75 Å². The molecule has 1 N–H and O–H groups in total. The van der Waals surface area contributed by atoms with Gasteiger partial charge in [-0.1, -0.05) is 41.9 Å². The van der Waals surface area contributed by atoms with Gasteiger partial charge in [-0.3, -0.25) is 9.59 Å². The molecule has 0 aromatic heterocycles. The Morgan fingerprint density at radius 1 is 1.15 bits per heavy atom. The van der Waals surface area contributed by atoms with Crippen molar-refractivity contribution in [1.82, 2.24) is 9.80 Å². The van der Waals surface area contributed by atoms with Gasteiger partial charge in [0.2, 0.25) is 0 Å². The molecule has 0 bridgehead atoms. The van der Waals surface area contributed by atoms with Crippen LogP contribution in [0.25, 0.3) is 5.76 Å². The van der Waals surface area contributed by atoms with Gasteiger partial charge in [-0.25, -0.2) is 0 Å². The molecular formula is C26H31BrN2O4. The number of carbonyl (C=O) groups is 2. The predicted molar refractivity (Wildman–Crippen MR) is 133 cm³/mol. The predicted octanol–water partition coefficient (Wildman–Crippen LogP) is 4.78. The number of aliphatic hydroxyl groups is 1. The Balaban J connectivity index is 2.06. The van der Waals surface area contributed by atoms with Crippen LogP contribution in [0, 0.1) is 12.8 Å². The number of benzene rings is 2. The van der Waals surface area contributed by atoms with Gasteiger partial charge in [0.05, 0.1) is 18.2 Å². The van der Waals surface area contributed by atoms with E-state index in [4.69, 9.17) is 4.74 Å². The minimum Gasteiger partial charge on any atom is -0.507 e. The summed E-state index contributed by atoms with van der Waals surface area (Å²) in [6, 6.07) is 12.1. The first-order valence-electron chi connectivity index (χ1n) is 11.0. The minimum atomic E-state index is -0.669.